The van der Waals surface area contributed by atoms with Crippen molar-refractivity contribution in [3.63, 3.8) is 0 Å². The van der Waals surface area contributed by atoms with Crippen molar-refractivity contribution in [1.82, 2.24) is 15.5 Å². The Morgan fingerprint density at radius 3 is 2.22 bits per heavy atom. The first-order valence-electron chi connectivity index (χ1n) is 9.53. The zero-order chi connectivity index (χ0) is 15.7. The zero-order valence-electron chi connectivity index (χ0n) is 14.2. The summed E-state index contributed by atoms with van der Waals surface area (Å²) in [6, 6.07) is 0. The summed E-state index contributed by atoms with van der Waals surface area (Å²) < 4.78 is 5.38. The minimum atomic E-state index is 0.560. The van der Waals surface area contributed by atoms with Gasteiger partial charge in [0.15, 0.2) is 5.11 Å². The van der Waals surface area contributed by atoms with E-state index in [4.69, 9.17) is 17.0 Å². The number of thiocarbonyl (C=S) groups is 1. The summed E-state index contributed by atoms with van der Waals surface area (Å²) in [7, 11) is 0. The lowest BCUT2D eigenvalue weighted by atomic mass is 9.49. The molecule has 2 N–H and O–H groups in total. The Labute approximate surface area is 145 Å². The lowest BCUT2D eigenvalue weighted by Crippen LogP contribution is -2.52. The average Bonchev–Trinajstić information content (AvgIpc) is 2.53. The van der Waals surface area contributed by atoms with Crippen LogP contribution < -0.4 is 10.6 Å². The molecule has 5 aliphatic rings. The van der Waals surface area contributed by atoms with Gasteiger partial charge < -0.3 is 15.4 Å². The van der Waals surface area contributed by atoms with E-state index in [0.717, 1.165) is 68.8 Å². The van der Waals surface area contributed by atoms with Gasteiger partial charge in [-0.3, -0.25) is 4.90 Å². The van der Waals surface area contributed by atoms with E-state index in [9.17, 15) is 0 Å². The van der Waals surface area contributed by atoms with Gasteiger partial charge in [-0.25, -0.2) is 0 Å². The van der Waals surface area contributed by atoms with Crippen molar-refractivity contribution in [1.29, 1.82) is 0 Å². The second kappa shape index (κ2) is 6.85. The Morgan fingerprint density at radius 1 is 1.00 bits per heavy atom. The number of rotatable bonds is 5. The van der Waals surface area contributed by atoms with Crippen LogP contribution in [0.3, 0.4) is 0 Å². The van der Waals surface area contributed by atoms with Crippen LogP contribution in [0.2, 0.25) is 0 Å². The van der Waals surface area contributed by atoms with E-state index in [-0.39, 0.29) is 0 Å². The van der Waals surface area contributed by atoms with Gasteiger partial charge in [0.1, 0.15) is 0 Å². The first-order valence-corrected chi connectivity index (χ1v) is 9.93. The molecule has 1 heterocycles. The first-order chi connectivity index (χ1) is 11.2. The van der Waals surface area contributed by atoms with E-state index >= 15 is 0 Å². The van der Waals surface area contributed by atoms with Crippen LogP contribution >= 0.6 is 12.2 Å². The molecule has 4 nitrogen and oxygen atoms in total. The number of nitrogens with one attached hydrogen (secondary N) is 2. The van der Waals surface area contributed by atoms with Gasteiger partial charge in [0.2, 0.25) is 0 Å². The van der Waals surface area contributed by atoms with Crippen LogP contribution in [-0.2, 0) is 4.74 Å². The van der Waals surface area contributed by atoms with Crippen molar-refractivity contribution in [2.45, 2.75) is 38.5 Å². The van der Waals surface area contributed by atoms with Crippen molar-refractivity contribution < 1.29 is 4.74 Å². The quantitative estimate of drug-likeness (QED) is 0.751. The highest BCUT2D eigenvalue weighted by molar-refractivity contribution is 7.80. The van der Waals surface area contributed by atoms with Crippen LogP contribution in [-0.4, -0.2) is 55.9 Å². The fourth-order valence-electron chi connectivity index (χ4n) is 5.99. The summed E-state index contributed by atoms with van der Waals surface area (Å²) in [5.41, 5.74) is 0.560. The molecule has 4 bridgehead atoms. The molecule has 0 aromatic rings. The van der Waals surface area contributed by atoms with Gasteiger partial charge in [-0.2, -0.15) is 0 Å². The topological polar surface area (TPSA) is 36.5 Å². The number of hydrogen-bond donors (Lipinski definition) is 2. The third-order valence-corrected chi connectivity index (χ3v) is 6.89. The van der Waals surface area contributed by atoms with Gasteiger partial charge in [-0.15, -0.1) is 0 Å². The van der Waals surface area contributed by atoms with Gasteiger partial charge in [0.25, 0.3) is 0 Å². The standard InChI is InChI=1S/C18H31N3OS/c23-17(19-1-2-21-3-5-22-6-4-21)20-13-18-10-14-7-15(11-18)9-16(8-14)12-18/h14-16H,1-13H2,(H2,19,20,23). The normalized spacial score (nSPS) is 39.4. The summed E-state index contributed by atoms with van der Waals surface area (Å²) in [6.45, 7) is 6.93. The summed E-state index contributed by atoms with van der Waals surface area (Å²) in [4.78, 5) is 2.44. The molecular formula is C18H31N3OS. The van der Waals surface area contributed by atoms with Crippen molar-refractivity contribution in [2.75, 3.05) is 45.9 Å². The molecule has 0 radical (unpaired) electrons. The second-order valence-corrected chi connectivity index (χ2v) is 8.89. The van der Waals surface area contributed by atoms with Gasteiger partial charge in [0, 0.05) is 32.7 Å². The number of hydrogen-bond acceptors (Lipinski definition) is 3. The molecule has 5 fully saturated rings. The minimum Gasteiger partial charge on any atom is -0.379 e. The molecule has 0 aromatic carbocycles. The molecule has 1 aliphatic heterocycles. The van der Waals surface area contributed by atoms with E-state index in [1.807, 2.05) is 0 Å². The maximum absolute atomic E-state index is 5.51. The molecular weight excluding hydrogens is 306 g/mol. The van der Waals surface area contributed by atoms with Crippen LogP contribution in [0.5, 0.6) is 0 Å². The zero-order valence-corrected chi connectivity index (χ0v) is 15.0. The van der Waals surface area contributed by atoms with E-state index in [0.29, 0.717) is 5.41 Å². The smallest absolute Gasteiger partial charge is 0.166 e. The second-order valence-electron chi connectivity index (χ2n) is 8.48. The largest absolute Gasteiger partial charge is 0.379 e. The maximum atomic E-state index is 5.51. The first kappa shape index (κ1) is 16.1. The lowest BCUT2D eigenvalue weighted by Gasteiger charge is -2.57. The van der Waals surface area contributed by atoms with Gasteiger partial charge in [-0.1, -0.05) is 0 Å². The number of ether oxygens (including phenoxy) is 1. The third kappa shape index (κ3) is 3.83. The molecule has 0 amide bonds. The molecule has 0 unspecified atom stereocenters. The number of morpholine rings is 1. The van der Waals surface area contributed by atoms with Crippen LogP contribution in [0, 0.1) is 23.2 Å². The Balaban J connectivity index is 1.18. The summed E-state index contributed by atoms with van der Waals surface area (Å²) >= 11 is 5.51. The molecule has 4 aliphatic carbocycles. The van der Waals surface area contributed by atoms with E-state index in [1.165, 1.54) is 38.5 Å². The van der Waals surface area contributed by atoms with Crippen molar-refractivity contribution >= 4 is 17.3 Å². The molecule has 0 atom stereocenters. The van der Waals surface area contributed by atoms with Crippen molar-refractivity contribution in [3.05, 3.63) is 0 Å². The van der Waals surface area contributed by atoms with Crippen LogP contribution in [0.15, 0.2) is 0 Å². The molecule has 23 heavy (non-hydrogen) atoms. The summed E-state index contributed by atoms with van der Waals surface area (Å²) in [5, 5.41) is 7.81. The Hall–Kier alpha value is -0.390. The fourth-order valence-corrected chi connectivity index (χ4v) is 6.16. The van der Waals surface area contributed by atoms with Crippen LogP contribution in [0.25, 0.3) is 0 Å². The predicted molar refractivity (Wildman–Crippen MR) is 96.5 cm³/mol. The van der Waals surface area contributed by atoms with Crippen LogP contribution in [0.1, 0.15) is 38.5 Å². The highest BCUT2D eigenvalue weighted by Crippen LogP contribution is 2.59. The van der Waals surface area contributed by atoms with Gasteiger partial charge in [0.05, 0.1) is 13.2 Å². The molecule has 4 saturated carbocycles. The molecule has 0 aromatic heterocycles. The third-order valence-electron chi connectivity index (χ3n) is 6.61. The highest BCUT2D eigenvalue weighted by atomic mass is 32.1. The molecule has 1 saturated heterocycles. The monoisotopic (exact) mass is 337 g/mol. The van der Waals surface area contributed by atoms with Gasteiger partial charge in [-0.05, 0) is 73.9 Å². The summed E-state index contributed by atoms with van der Waals surface area (Å²) in [5.74, 6) is 3.06. The van der Waals surface area contributed by atoms with E-state index in [1.54, 1.807) is 0 Å². The Kier molecular flexibility index (Phi) is 4.79. The molecule has 130 valence electrons. The fraction of sp³-hybridized carbons (Fsp3) is 0.944. The Morgan fingerprint density at radius 2 is 1.61 bits per heavy atom. The molecule has 5 heteroatoms. The minimum absolute atomic E-state index is 0.560. The molecule has 0 spiro atoms. The Bertz CT molecular complexity index is 401. The summed E-state index contributed by atoms with van der Waals surface area (Å²) in [6.07, 6.45) is 8.89. The van der Waals surface area contributed by atoms with Gasteiger partial charge >= 0.3 is 0 Å². The van der Waals surface area contributed by atoms with Crippen LogP contribution in [0.4, 0.5) is 0 Å². The lowest BCUT2D eigenvalue weighted by molar-refractivity contribution is -0.0491. The highest BCUT2D eigenvalue weighted by Gasteiger charge is 2.50. The SMILES string of the molecule is S=C(NCCN1CCOCC1)NCC12CC3CC(CC(C3)C1)C2. The van der Waals surface area contributed by atoms with E-state index < -0.39 is 0 Å². The van der Waals surface area contributed by atoms with Crippen molar-refractivity contribution in [2.24, 2.45) is 23.2 Å². The van der Waals surface area contributed by atoms with Crippen molar-refractivity contribution in [3.8, 4) is 0 Å². The predicted octanol–water partition coefficient (Wildman–Crippen LogP) is 2.00. The average molecular weight is 338 g/mol. The molecule has 5 rings (SSSR count). The van der Waals surface area contributed by atoms with E-state index in [2.05, 4.69) is 15.5 Å². The number of nitrogens with zero attached hydrogens (tertiary/aromatic N) is 1. The maximum Gasteiger partial charge on any atom is 0.166 e.